The van der Waals surface area contributed by atoms with Crippen LogP contribution in [0.2, 0.25) is 0 Å². The molecule has 1 rings (SSSR count). The molecule has 0 amide bonds. The first-order chi connectivity index (χ1) is 26.0. The zero-order valence-corrected chi connectivity index (χ0v) is 34.1. The van der Waals surface area contributed by atoms with Gasteiger partial charge in [-0.15, -0.1) is 0 Å². The Labute approximate surface area is 324 Å². The number of rotatable bonds is 34. The number of unbranched alkanes of at least 4 members (excludes halogenated alkanes) is 12. The van der Waals surface area contributed by atoms with Crippen LogP contribution in [-0.2, 0) is 37.5 Å². The van der Waals surface area contributed by atoms with Crippen molar-refractivity contribution in [2.75, 3.05) is 26.4 Å². The van der Waals surface area contributed by atoms with Crippen LogP contribution < -0.4 is 5.73 Å². The molecule has 6 atom stereocenters. The number of aliphatic hydroxyl groups excluding tert-OH is 2. The summed E-state index contributed by atoms with van der Waals surface area (Å²) in [6, 6.07) is 0. The fourth-order valence-electron chi connectivity index (χ4n) is 6.20. The van der Waals surface area contributed by atoms with Gasteiger partial charge in [-0.2, -0.15) is 0 Å². The number of carbonyl (C=O) groups excluding carboxylic acids is 3. The molecule has 0 aromatic carbocycles. The van der Waals surface area contributed by atoms with Crippen molar-refractivity contribution in [2.24, 2.45) is 17.6 Å². The third-order valence-corrected chi connectivity index (χ3v) is 10.4. The van der Waals surface area contributed by atoms with Gasteiger partial charge in [-0.3, -0.25) is 23.4 Å². The van der Waals surface area contributed by atoms with Gasteiger partial charge < -0.3 is 30.3 Å². The Morgan fingerprint density at radius 3 is 2.15 bits per heavy atom. The number of phosphoric ester groups is 1. The van der Waals surface area contributed by atoms with Crippen molar-refractivity contribution in [1.29, 1.82) is 0 Å². The van der Waals surface area contributed by atoms with Crippen LogP contribution in [0.4, 0.5) is 0 Å². The highest BCUT2D eigenvalue weighted by Gasteiger charge is 2.39. The largest absolute Gasteiger partial charge is 0.472 e. The molecular weight excluding hydrogens is 713 g/mol. The van der Waals surface area contributed by atoms with Gasteiger partial charge in [0.2, 0.25) is 0 Å². The predicted octanol–water partition coefficient (Wildman–Crippen LogP) is 7.97. The number of ether oxygens (including phenoxy) is 2. The second-order valence-electron chi connectivity index (χ2n) is 14.3. The van der Waals surface area contributed by atoms with Crippen molar-refractivity contribution in [1.82, 2.24) is 0 Å². The molecule has 54 heavy (non-hydrogen) atoms. The first-order valence-electron chi connectivity index (χ1n) is 20.6. The molecule has 12 nitrogen and oxygen atoms in total. The minimum absolute atomic E-state index is 0.00390. The zero-order valence-electron chi connectivity index (χ0n) is 33.2. The molecule has 1 unspecified atom stereocenters. The minimum Gasteiger partial charge on any atom is -0.462 e. The number of phosphoric acid groups is 1. The van der Waals surface area contributed by atoms with Gasteiger partial charge in [-0.05, 0) is 57.8 Å². The van der Waals surface area contributed by atoms with Crippen LogP contribution in [-0.4, -0.2) is 77.5 Å². The topological polar surface area (TPSA) is 192 Å². The van der Waals surface area contributed by atoms with E-state index in [-0.39, 0.29) is 56.6 Å². The van der Waals surface area contributed by atoms with Crippen molar-refractivity contribution in [3.63, 3.8) is 0 Å². The molecule has 1 aliphatic rings. The third-order valence-electron chi connectivity index (χ3n) is 9.37. The molecule has 0 heterocycles. The standard InChI is InChI=1S/C41H72NO11P/c1-3-5-7-8-9-10-11-12-13-14-15-16-22-26-41(47)53-35(33-52-54(48,49)51-30-29-42)32-50-40(46)25-21-18-17-20-24-36-37(39(45)31-38(36)44)28-27-34(43)23-19-6-4-2/h10-11,17,20,27-28,34-37,39,43,45H,3-9,12-16,18-19,21-26,29-33,42H2,1-2H3,(H,48,49)/b11-10-,20-17-,28-27+/t34-,35+,36+,37+,39+/m0/s1. The van der Waals surface area contributed by atoms with Crippen LogP contribution >= 0.6 is 7.82 Å². The molecular formula is C41H72NO11P. The molecule has 0 aromatic rings. The number of esters is 2. The number of nitrogens with two attached hydrogens (primary N) is 1. The van der Waals surface area contributed by atoms with E-state index >= 15 is 0 Å². The second-order valence-corrected chi connectivity index (χ2v) is 15.7. The fourth-order valence-corrected chi connectivity index (χ4v) is 6.96. The summed E-state index contributed by atoms with van der Waals surface area (Å²) in [7, 11) is -4.44. The number of aliphatic hydroxyl groups is 2. The van der Waals surface area contributed by atoms with Crippen molar-refractivity contribution < 1.29 is 52.6 Å². The van der Waals surface area contributed by atoms with Crippen molar-refractivity contribution in [2.45, 2.75) is 167 Å². The van der Waals surface area contributed by atoms with Gasteiger partial charge in [0.15, 0.2) is 6.10 Å². The van der Waals surface area contributed by atoms with Gasteiger partial charge in [-0.25, -0.2) is 4.57 Å². The van der Waals surface area contributed by atoms with Crippen LogP contribution in [0, 0.1) is 11.8 Å². The quantitative estimate of drug-likeness (QED) is 0.0213. The average Bonchev–Trinajstić information content (AvgIpc) is 3.41. The zero-order chi connectivity index (χ0) is 39.9. The van der Waals surface area contributed by atoms with Gasteiger partial charge in [-0.1, -0.05) is 108 Å². The highest BCUT2D eigenvalue weighted by molar-refractivity contribution is 7.47. The Morgan fingerprint density at radius 2 is 1.44 bits per heavy atom. The van der Waals surface area contributed by atoms with Crippen LogP contribution in [0.5, 0.6) is 0 Å². The van der Waals surface area contributed by atoms with Crippen LogP contribution in [0.25, 0.3) is 0 Å². The van der Waals surface area contributed by atoms with Crippen LogP contribution in [0.3, 0.4) is 0 Å². The number of carbonyl (C=O) groups is 3. The summed E-state index contributed by atoms with van der Waals surface area (Å²) in [5.74, 6) is -1.75. The van der Waals surface area contributed by atoms with Gasteiger partial charge in [0.05, 0.1) is 25.4 Å². The summed E-state index contributed by atoms with van der Waals surface area (Å²) in [5, 5.41) is 20.6. The van der Waals surface area contributed by atoms with E-state index in [4.69, 9.17) is 24.3 Å². The Balaban J connectivity index is 2.45. The van der Waals surface area contributed by atoms with E-state index < -0.39 is 44.7 Å². The number of hydrogen-bond donors (Lipinski definition) is 4. The maximum Gasteiger partial charge on any atom is 0.472 e. The highest BCUT2D eigenvalue weighted by atomic mass is 31.2. The fraction of sp³-hybridized carbons (Fsp3) is 0.780. The Hall–Kier alpha value is -2.18. The lowest BCUT2D eigenvalue weighted by Crippen LogP contribution is -2.29. The molecule has 13 heteroatoms. The van der Waals surface area contributed by atoms with Crippen molar-refractivity contribution >= 4 is 25.5 Å². The molecule has 1 aliphatic carbocycles. The average molecular weight is 786 g/mol. The van der Waals surface area contributed by atoms with Gasteiger partial charge >= 0.3 is 19.8 Å². The molecule has 0 radical (unpaired) electrons. The normalized spacial score (nSPS) is 19.9. The lowest BCUT2D eigenvalue weighted by Gasteiger charge is -2.19. The van der Waals surface area contributed by atoms with Crippen LogP contribution in [0.1, 0.15) is 149 Å². The maximum atomic E-state index is 12.6. The second kappa shape index (κ2) is 32.0. The third kappa shape index (κ3) is 25.8. The molecule has 1 fully saturated rings. The van der Waals surface area contributed by atoms with E-state index in [9.17, 15) is 34.1 Å². The van der Waals surface area contributed by atoms with E-state index in [0.717, 1.165) is 57.8 Å². The summed E-state index contributed by atoms with van der Waals surface area (Å²) in [5.41, 5.74) is 5.33. The Kier molecular flexibility index (Phi) is 29.5. The van der Waals surface area contributed by atoms with Gasteiger partial charge in [0.25, 0.3) is 0 Å². The minimum atomic E-state index is -4.44. The first-order valence-corrected chi connectivity index (χ1v) is 22.1. The molecule has 0 aromatic heterocycles. The molecule has 0 bridgehead atoms. The molecule has 5 N–H and O–H groups in total. The van der Waals surface area contributed by atoms with Gasteiger partial charge in [0.1, 0.15) is 12.4 Å². The number of ketones is 1. The SMILES string of the molecule is CCCCCC/C=C\CCCCCCCC(=O)O[C@H](COC(=O)CCC/C=C\C[C@H]1C(=O)C[C@@H](O)[C@@H]1/C=C/[C@@H](O)CCCCC)COP(=O)(O)OCCN. The molecule has 0 saturated heterocycles. The lowest BCUT2D eigenvalue weighted by molar-refractivity contribution is -0.161. The summed E-state index contributed by atoms with van der Waals surface area (Å²) >= 11 is 0. The Bertz CT molecular complexity index is 1140. The van der Waals surface area contributed by atoms with E-state index in [1.807, 2.05) is 12.2 Å². The summed E-state index contributed by atoms with van der Waals surface area (Å²) in [6.07, 6.45) is 26.8. The number of allylic oxidation sites excluding steroid dienone is 4. The van der Waals surface area contributed by atoms with Crippen LogP contribution in [0.15, 0.2) is 36.5 Å². The van der Waals surface area contributed by atoms with E-state index in [0.29, 0.717) is 32.1 Å². The Morgan fingerprint density at radius 1 is 0.833 bits per heavy atom. The first kappa shape index (κ1) is 49.8. The molecule has 1 saturated carbocycles. The van der Waals surface area contributed by atoms with Crippen molar-refractivity contribution in [3.8, 4) is 0 Å². The van der Waals surface area contributed by atoms with E-state index in [1.165, 1.54) is 25.7 Å². The molecule has 0 spiro atoms. The number of hydrogen-bond acceptors (Lipinski definition) is 11. The van der Waals surface area contributed by atoms with Gasteiger partial charge in [0, 0.05) is 37.6 Å². The molecule has 0 aliphatic heterocycles. The number of Topliss-reactive ketones (excluding diaryl/α,β-unsaturated/α-hetero) is 1. The van der Waals surface area contributed by atoms with Crippen molar-refractivity contribution in [3.05, 3.63) is 36.5 Å². The smallest absolute Gasteiger partial charge is 0.462 e. The summed E-state index contributed by atoms with van der Waals surface area (Å²) in [6.45, 7) is 3.28. The maximum absolute atomic E-state index is 12.6. The monoisotopic (exact) mass is 785 g/mol. The predicted molar refractivity (Wildman–Crippen MR) is 211 cm³/mol. The molecule has 312 valence electrons. The van der Waals surface area contributed by atoms with E-state index in [2.05, 4.69) is 26.0 Å². The summed E-state index contributed by atoms with van der Waals surface area (Å²) in [4.78, 5) is 47.5. The van der Waals surface area contributed by atoms with E-state index in [1.54, 1.807) is 12.2 Å². The lowest BCUT2D eigenvalue weighted by atomic mass is 9.90. The highest BCUT2D eigenvalue weighted by Crippen LogP contribution is 2.43. The summed E-state index contributed by atoms with van der Waals surface area (Å²) < 4.78 is 32.6.